The molecule has 0 heterocycles. The third-order valence-electron chi connectivity index (χ3n) is 4.01. The van der Waals surface area contributed by atoms with Crippen molar-refractivity contribution in [3.8, 4) is 6.07 Å². The van der Waals surface area contributed by atoms with E-state index in [1.807, 2.05) is 43.3 Å². The summed E-state index contributed by atoms with van der Waals surface area (Å²) >= 11 is 0. The smallest absolute Gasteiger partial charge is 0.328 e. The summed E-state index contributed by atoms with van der Waals surface area (Å²) in [4.78, 5) is 35.9. The molecule has 1 aromatic rings. The SMILES string of the molecule is COC(=O)[C@H](NC(=O)CCC(=O)N[C@H](C)c1ccccc1)[C@H](C)CC#N. The molecule has 2 amide bonds. The first-order valence-electron chi connectivity index (χ1n) is 8.47. The molecule has 0 aliphatic rings. The molecule has 0 saturated heterocycles. The summed E-state index contributed by atoms with van der Waals surface area (Å²) in [5.74, 6) is -1.68. The highest BCUT2D eigenvalue weighted by Gasteiger charge is 2.27. The molecule has 0 aliphatic carbocycles. The van der Waals surface area contributed by atoms with Crippen molar-refractivity contribution in [3.05, 3.63) is 35.9 Å². The Morgan fingerprint density at radius 2 is 1.65 bits per heavy atom. The second-order valence-electron chi connectivity index (χ2n) is 6.11. The minimum Gasteiger partial charge on any atom is -0.467 e. The van der Waals surface area contributed by atoms with Crippen molar-refractivity contribution in [1.82, 2.24) is 10.6 Å². The van der Waals surface area contributed by atoms with Gasteiger partial charge in [0.1, 0.15) is 6.04 Å². The van der Waals surface area contributed by atoms with E-state index < -0.39 is 17.9 Å². The maximum absolute atomic E-state index is 12.1. The second-order valence-corrected chi connectivity index (χ2v) is 6.11. The lowest BCUT2D eigenvalue weighted by atomic mass is 9.98. The maximum atomic E-state index is 12.1. The highest BCUT2D eigenvalue weighted by atomic mass is 16.5. The van der Waals surface area contributed by atoms with Crippen LogP contribution in [0.25, 0.3) is 0 Å². The summed E-state index contributed by atoms with van der Waals surface area (Å²) in [6.07, 6.45) is 0.0543. The first-order chi connectivity index (χ1) is 12.4. The Hall–Kier alpha value is -2.88. The molecule has 0 aliphatic heterocycles. The van der Waals surface area contributed by atoms with Gasteiger partial charge in [0, 0.05) is 25.2 Å². The van der Waals surface area contributed by atoms with Crippen LogP contribution in [0.4, 0.5) is 0 Å². The van der Waals surface area contributed by atoms with Gasteiger partial charge in [-0.05, 0) is 12.5 Å². The number of nitrogens with one attached hydrogen (secondary N) is 2. The molecular formula is C19H25N3O4. The zero-order valence-electron chi connectivity index (χ0n) is 15.3. The number of hydrogen-bond donors (Lipinski definition) is 2. The quantitative estimate of drug-likeness (QED) is 0.654. The Kier molecular flexibility index (Phi) is 8.85. The summed E-state index contributed by atoms with van der Waals surface area (Å²) in [6.45, 7) is 3.55. The predicted octanol–water partition coefficient (Wildman–Crippen LogP) is 1.85. The van der Waals surface area contributed by atoms with Crippen LogP contribution in [0.15, 0.2) is 30.3 Å². The Labute approximate surface area is 153 Å². The Balaban J connectivity index is 2.49. The fourth-order valence-corrected chi connectivity index (χ4v) is 2.43. The van der Waals surface area contributed by atoms with Crippen LogP contribution in [0.1, 0.15) is 44.7 Å². The van der Waals surface area contributed by atoms with Crippen LogP contribution < -0.4 is 10.6 Å². The van der Waals surface area contributed by atoms with Gasteiger partial charge in [-0.2, -0.15) is 5.26 Å². The molecule has 0 saturated carbocycles. The molecule has 0 bridgehead atoms. The lowest BCUT2D eigenvalue weighted by Gasteiger charge is -2.21. The van der Waals surface area contributed by atoms with Crippen molar-refractivity contribution in [2.24, 2.45) is 5.92 Å². The van der Waals surface area contributed by atoms with Crippen LogP contribution in [0.5, 0.6) is 0 Å². The highest BCUT2D eigenvalue weighted by Crippen LogP contribution is 2.12. The van der Waals surface area contributed by atoms with Crippen molar-refractivity contribution in [2.45, 2.75) is 45.2 Å². The number of esters is 1. The van der Waals surface area contributed by atoms with Gasteiger partial charge in [-0.25, -0.2) is 4.79 Å². The molecule has 1 aromatic carbocycles. The molecule has 0 spiro atoms. The predicted molar refractivity (Wildman–Crippen MR) is 95.6 cm³/mol. The number of nitriles is 1. The van der Waals surface area contributed by atoms with E-state index in [1.54, 1.807) is 6.92 Å². The van der Waals surface area contributed by atoms with Gasteiger partial charge < -0.3 is 15.4 Å². The molecule has 3 atom stereocenters. The number of ether oxygens (including phenoxy) is 1. The zero-order chi connectivity index (χ0) is 19.5. The van der Waals surface area contributed by atoms with Gasteiger partial charge in [0.15, 0.2) is 0 Å². The molecule has 0 unspecified atom stereocenters. The van der Waals surface area contributed by atoms with E-state index in [-0.39, 0.29) is 37.1 Å². The number of benzene rings is 1. The van der Waals surface area contributed by atoms with E-state index in [4.69, 9.17) is 5.26 Å². The summed E-state index contributed by atoms with van der Waals surface area (Å²) in [6, 6.07) is 10.4. The van der Waals surface area contributed by atoms with E-state index in [9.17, 15) is 14.4 Å². The summed E-state index contributed by atoms with van der Waals surface area (Å²) in [5, 5.41) is 14.1. The number of carbonyl (C=O) groups is 3. The molecule has 26 heavy (non-hydrogen) atoms. The molecular weight excluding hydrogens is 334 g/mol. The molecule has 0 radical (unpaired) electrons. The molecule has 0 aromatic heterocycles. The van der Waals surface area contributed by atoms with Crippen molar-refractivity contribution in [3.63, 3.8) is 0 Å². The average Bonchev–Trinajstić information content (AvgIpc) is 2.64. The van der Waals surface area contributed by atoms with E-state index in [2.05, 4.69) is 15.4 Å². The van der Waals surface area contributed by atoms with Gasteiger partial charge >= 0.3 is 5.97 Å². The summed E-state index contributed by atoms with van der Waals surface area (Å²) < 4.78 is 4.67. The van der Waals surface area contributed by atoms with Crippen LogP contribution >= 0.6 is 0 Å². The van der Waals surface area contributed by atoms with Crippen LogP contribution in [-0.2, 0) is 19.1 Å². The molecule has 140 valence electrons. The number of methoxy groups -OCH3 is 1. The average molecular weight is 359 g/mol. The second kappa shape index (κ2) is 10.9. The third-order valence-corrected chi connectivity index (χ3v) is 4.01. The largest absolute Gasteiger partial charge is 0.467 e. The lowest BCUT2D eigenvalue weighted by molar-refractivity contribution is -0.146. The molecule has 2 N–H and O–H groups in total. The van der Waals surface area contributed by atoms with Crippen LogP contribution in [-0.4, -0.2) is 30.9 Å². The number of nitrogens with zero attached hydrogens (tertiary/aromatic N) is 1. The number of amides is 2. The fraction of sp³-hybridized carbons (Fsp3) is 0.474. The van der Waals surface area contributed by atoms with Gasteiger partial charge in [0.2, 0.25) is 11.8 Å². The van der Waals surface area contributed by atoms with E-state index >= 15 is 0 Å². The molecule has 0 fully saturated rings. The van der Waals surface area contributed by atoms with Crippen LogP contribution in [0, 0.1) is 17.2 Å². The molecule has 1 rings (SSSR count). The Bertz CT molecular complexity index is 654. The van der Waals surface area contributed by atoms with Gasteiger partial charge in [0.25, 0.3) is 0 Å². The van der Waals surface area contributed by atoms with Crippen molar-refractivity contribution in [2.75, 3.05) is 7.11 Å². The van der Waals surface area contributed by atoms with E-state index in [0.29, 0.717) is 0 Å². The highest BCUT2D eigenvalue weighted by molar-refractivity contribution is 5.87. The third kappa shape index (κ3) is 6.93. The van der Waals surface area contributed by atoms with E-state index in [1.165, 1.54) is 7.11 Å². The van der Waals surface area contributed by atoms with Gasteiger partial charge in [-0.1, -0.05) is 37.3 Å². The van der Waals surface area contributed by atoms with Gasteiger partial charge in [-0.3, -0.25) is 9.59 Å². The van der Waals surface area contributed by atoms with Gasteiger partial charge in [-0.15, -0.1) is 0 Å². The minimum absolute atomic E-state index is 0.00350. The minimum atomic E-state index is -0.904. The number of carbonyl (C=O) groups excluding carboxylic acids is 3. The van der Waals surface area contributed by atoms with Crippen molar-refractivity contribution >= 4 is 17.8 Å². The summed E-state index contributed by atoms with van der Waals surface area (Å²) in [7, 11) is 1.22. The van der Waals surface area contributed by atoms with E-state index in [0.717, 1.165) is 5.56 Å². The van der Waals surface area contributed by atoms with Crippen LogP contribution in [0.2, 0.25) is 0 Å². The molecule has 7 nitrogen and oxygen atoms in total. The fourth-order valence-electron chi connectivity index (χ4n) is 2.43. The Morgan fingerprint density at radius 3 is 2.19 bits per heavy atom. The zero-order valence-corrected chi connectivity index (χ0v) is 15.3. The first-order valence-corrected chi connectivity index (χ1v) is 8.47. The topological polar surface area (TPSA) is 108 Å². The standard InChI is InChI=1S/C19H25N3O4/c1-13(11-12-20)18(19(25)26-3)22-17(24)10-9-16(23)21-14(2)15-7-5-4-6-8-15/h4-8,13-14,18H,9-11H2,1-3H3,(H,21,23)(H,22,24)/t13-,14-,18-/m1/s1. The van der Waals surface area contributed by atoms with Crippen molar-refractivity contribution in [1.29, 1.82) is 5.26 Å². The molecule has 7 heteroatoms. The monoisotopic (exact) mass is 359 g/mol. The lowest BCUT2D eigenvalue weighted by Crippen LogP contribution is -2.46. The number of rotatable bonds is 9. The first kappa shape index (κ1) is 21.2. The number of hydrogen-bond acceptors (Lipinski definition) is 5. The van der Waals surface area contributed by atoms with Gasteiger partial charge in [0.05, 0.1) is 19.2 Å². The maximum Gasteiger partial charge on any atom is 0.328 e. The normalized spacial score (nSPS) is 13.6. The summed E-state index contributed by atoms with van der Waals surface area (Å²) in [5.41, 5.74) is 0.974. The van der Waals surface area contributed by atoms with Crippen molar-refractivity contribution < 1.29 is 19.1 Å². The Morgan fingerprint density at radius 1 is 1.08 bits per heavy atom. The van der Waals surface area contributed by atoms with Crippen LogP contribution in [0.3, 0.4) is 0 Å².